The molecule has 0 saturated carbocycles. The molecule has 17 heavy (non-hydrogen) atoms. The van der Waals surface area contributed by atoms with Crippen LogP contribution in [0.2, 0.25) is 0 Å². The lowest BCUT2D eigenvalue weighted by Crippen LogP contribution is -2.01. The Kier molecular flexibility index (Phi) is 7.23. The molecule has 1 aromatic rings. The van der Waals surface area contributed by atoms with Gasteiger partial charge in [-0.1, -0.05) is 12.8 Å². The molecule has 3 heteroatoms. The Morgan fingerprint density at radius 2 is 1.76 bits per heavy atom. The fourth-order valence-electron chi connectivity index (χ4n) is 1.66. The third-order valence-corrected chi connectivity index (χ3v) is 2.58. The molecule has 1 rings (SSSR count). The molecule has 0 amide bonds. The maximum Gasteiger partial charge on any atom is 0.119 e. The first-order valence-electron chi connectivity index (χ1n) is 6.44. The molecule has 0 saturated heterocycles. The molecule has 0 atom stereocenters. The van der Waals surface area contributed by atoms with Crippen molar-refractivity contribution >= 4 is 5.69 Å². The fourth-order valence-corrected chi connectivity index (χ4v) is 1.66. The molecule has 0 aliphatic carbocycles. The predicted octanol–water partition coefficient (Wildman–Crippen LogP) is 3.05. The van der Waals surface area contributed by atoms with Crippen molar-refractivity contribution in [2.45, 2.75) is 32.6 Å². The van der Waals surface area contributed by atoms with Gasteiger partial charge in [0.1, 0.15) is 5.75 Å². The molecule has 0 aromatic heterocycles. The van der Waals surface area contributed by atoms with Gasteiger partial charge in [-0.2, -0.15) is 0 Å². The number of aliphatic hydroxyl groups excluding tert-OH is 1. The largest absolute Gasteiger partial charge is 0.494 e. The van der Waals surface area contributed by atoms with Gasteiger partial charge in [-0.3, -0.25) is 0 Å². The summed E-state index contributed by atoms with van der Waals surface area (Å²) in [5.74, 6) is 0.918. The Morgan fingerprint density at radius 3 is 2.41 bits per heavy atom. The Morgan fingerprint density at radius 1 is 1.06 bits per heavy atom. The molecule has 0 bridgehead atoms. The summed E-state index contributed by atoms with van der Waals surface area (Å²) in [6.07, 6.45) is 4.35. The maximum atomic E-state index is 8.64. The average molecular weight is 237 g/mol. The zero-order valence-electron chi connectivity index (χ0n) is 10.6. The van der Waals surface area contributed by atoms with Crippen LogP contribution in [0, 0.1) is 0 Å². The van der Waals surface area contributed by atoms with E-state index in [2.05, 4.69) is 5.32 Å². The average Bonchev–Trinajstić information content (AvgIpc) is 2.36. The van der Waals surface area contributed by atoms with Crippen molar-refractivity contribution in [2.24, 2.45) is 0 Å². The monoisotopic (exact) mass is 237 g/mol. The minimum atomic E-state index is 0.312. The molecule has 0 aliphatic rings. The molecule has 0 aliphatic heterocycles. The van der Waals surface area contributed by atoms with Crippen LogP contribution in [0.4, 0.5) is 5.69 Å². The molecule has 0 fully saturated rings. The highest BCUT2D eigenvalue weighted by molar-refractivity contribution is 5.46. The second-order valence-electron chi connectivity index (χ2n) is 4.02. The van der Waals surface area contributed by atoms with Crippen LogP contribution in [0.1, 0.15) is 32.6 Å². The first-order chi connectivity index (χ1) is 8.36. The number of anilines is 1. The molecule has 1 aromatic carbocycles. The van der Waals surface area contributed by atoms with Gasteiger partial charge in [0.15, 0.2) is 0 Å². The molecular weight excluding hydrogens is 214 g/mol. The number of ether oxygens (including phenoxy) is 1. The topological polar surface area (TPSA) is 41.5 Å². The minimum Gasteiger partial charge on any atom is -0.494 e. The van der Waals surface area contributed by atoms with Crippen molar-refractivity contribution in [3.8, 4) is 5.75 Å². The normalized spacial score (nSPS) is 10.2. The van der Waals surface area contributed by atoms with E-state index in [4.69, 9.17) is 9.84 Å². The van der Waals surface area contributed by atoms with Gasteiger partial charge in [0.05, 0.1) is 6.61 Å². The number of hydrogen-bond donors (Lipinski definition) is 2. The van der Waals surface area contributed by atoms with E-state index in [0.717, 1.165) is 37.2 Å². The van der Waals surface area contributed by atoms with E-state index in [0.29, 0.717) is 13.2 Å². The number of rotatable bonds is 9. The summed E-state index contributed by atoms with van der Waals surface area (Å²) in [4.78, 5) is 0. The van der Waals surface area contributed by atoms with E-state index >= 15 is 0 Å². The Labute approximate surface area is 104 Å². The summed E-state index contributed by atoms with van der Waals surface area (Å²) in [5.41, 5.74) is 1.13. The fraction of sp³-hybridized carbons (Fsp3) is 0.571. The standard InChI is InChI=1S/C14H23NO2/c1-2-17-14-9-7-13(8-10-14)15-11-5-3-4-6-12-16/h7-10,15-16H,2-6,11-12H2,1H3. The second-order valence-corrected chi connectivity index (χ2v) is 4.02. The van der Waals surface area contributed by atoms with Gasteiger partial charge in [0, 0.05) is 18.8 Å². The predicted molar refractivity (Wildman–Crippen MR) is 71.7 cm³/mol. The minimum absolute atomic E-state index is 0.312. The van der Waals surface area contributed by atoms with Gasteiger partial charge in [0.2, 0.25) is 0 Å². The third-order valence-electron chi connectivity index (χ3n) is 2.58. The van der Waals surface area contributed by atoms with Gasteiger partial charge in [-0.15, -0.1) is 0 Å². The molecule has 0 unspecified atom stereocenters. The summed E-state index contributed by atoms with van der Waals surface area (Å²) in [7, 11) is 0. The number of hydrogen-bond acceptors (Lipinski definition) is 3. The number of unbranched alkanes of at least 4 members (excludes halogenated alkanes) is 3. The van der Waals surface area contributed by atoms with Crippen molar-refractivity contribution in [3.63, 3.8) is 0 Å². The third kappa shape index (κ3) is 6.17. The van der Waals surface area contributed by atoms with Crippen LogP contribution in [0.3, 0.4) is 0 Å². The van der Waals surface area contributed by atoms with E-state index in [9.17, 15) is 0 Å². The molecule has 3 nitrogen and oxygen atoms in total. The van der Waals surface area contributed by atoms with Crippen LogP contribution in [0.25, 0.3) is 0 Å². The summed E-state index contributed by atoms with van der Waals surface area (Å²) < 4.78 is 5.38. The van der Waals surface area contributed by atoms with E-state index < -0.39 is 0 Å². The smallest absolute Gasteiger partial charge is 0.119 e. The number of aliphatic hydroxyl groups is 1. The Bertz CT molecular complexity index is 285. The van der Waals surface area contributed by atoms with Crippen LogP contribution in [-0.4, -0.2) is 24.9 Å². The molecular formula is C14H23NO2. The van der Waals surface area contributed by atoms with E-state index in [1.807, 2.05) is 31.2 Å². The molecule has 96 valence electrons. The van der Waals surface area contributed by atoms with Crippen LogP contribution < -0.4 is 10.1 Å². The summed E-state index contributed by atoms with van der Waals surface area (Å²) in [6.45, 7) is 3.99. The lowest BCUT2D eigenvalue weighted by Gasteiger charge is -2.07. The molecule has 0 radical (unpaired) electrons. The molecule has 0 spiro atoms. The Balaban J connectivity index is 2.14. The number of nitrogens with one attached hydrogen (secondary N) is 1. The second kappa shape index (κ2) is 8.88. The van der Waals surface area contributed by atoms with Crippen molar-refractivity contribution in [2.75, 3.05) is 25.1 Å². The summed E-state index contributed by atoms with van der Waals surface area (Å²) in [6, 6.07) is 8.05. The highest BCUT2D eigenvalue weighted by atomic mass is 16.5. The zero-order valence-corrected chi connectivity index (χ0v) is 10.6. The van der Waals surface area contributed by atoms with E-state index in [-0.39, 0.29) is 0 Å². The van der Waals surface area contributed by atoms with Gasteiger partial charge < -0.3 is 15.2 Å². The molecule has 2 N–H and O–H groups in total. The highest BCUT2D eigenvalue weighted by Gasteiger charge is 1.94. The van der Waals surface area contributed by atoms with Gasteiger partial charge >= 0.3 is 0 Å². The lowest BCUT2D eigenvalue weighted by molar-refractivity contribution is 0.283. The highest BCUT2D eigenvalue weighted by Crippen LogP contribution is 2.15. The first-order valence-corrected chi connectivity index (χ1v) is 6.44. The van der Waals surface area contributed by atoms with Crippen LogP contribution >= 0.6 is 0 Å². The SMILES string of the molecule is CCOc1ccc(NCCCCCCO)cc1. The Hall–Kier alpha value is -1.22. The van der Waals surface area contributed by atoms with Crippen molar-refractivity contribution in [1.29, 1.82) is 0 Å². The number of benzene rings is 1. The van der Waals surface area contributed by atoms with Gasteiger partial charge in [0.25, 0.3) is 0 Å². The van der Waals surface area contributed by atoms with Gasteiger partial charge in [-0.25, -0.2) is 0 Å². The first kappa shape index (κ1) is 13.8. The van der Waals surface area contributed by atoms with E-state index in [1.165, 1.54) is 6.42 Å². The van der Waals surface area contributed by atoms with Crippen LogP contribution in [0.5, 0.6) is 5.75 Å². The van der Waals surface area contributed by atoms with Gasteiger partial charge in [-0.05, 0) is 44.0 Å². The van der Waals surface area contributed by atoms with Crippen molar-refractivity contribution in [1.82, 2.24) is 0 Å². The van der Waals surface area contributed by atoms with Crippen LogP contribution in [0.15, 0.2) is 24.3 Å². The summed E-state index contributed by atoms with van der Waals surface area (Å²) in [5, 5.41) is 12.0. The van der Waals surface area contributed by atoms with E-state index in [1.54, 1.807) is 0 Å². The van der Waals surface area contributed by atoms with Crippen molar-refractivity contribution in [3.05, 3.63) is 24.3 Å². The molecule has 0 heterocycles. The lowest BCUT2D eigenvalue weighted by atomic mass is 10.2. The quantitative estimate of drug-likeness (QED) is 0.649. The summed E-state index contributed by atoms with van der Waals surface area (Å²) >= 11 is 0. The van der Waals surface area contributed by atoms with Crippen molar-refractivity contribution < 1.29 is 9.84 Å². The van der Waals surface area contributed by atoms with Crippen LogP contribution in [-0.2, 0) is 0 Å². The zero-order chi connectivity index (χ0) is 12.3. The maximum absolute atomic E-state index is 8.64.